The summed E-state index contributed by atoms with van der Waals surface area (Å²) < 4.78 is 10.6. The highest BCUT2D eigenvalue weighted by Crippen LogP contribution is 2.27. The zero-order valence-corrected chi connectivity index (χ0v) is 13.5. The van der Waals surface area contributed by atoms with E-state index in [0.29, 0.717) is 6.04 Å². The standard InChI is InChI=1S/C16H25NO2S/c1-18-14-8-12(9-15(10-14)19-2)11-17-13-4-6-16(20-3)7-5-13/h8-10,13,16-17H,4-7,11H2,1-3H3. The molecular weight excluding hydrogens is 270 g/mol. The van der Waals surface area contributed by atoms with Crippen molar-refractivity contribution in [3.05, 3.63) is 23.8 Å². The second-order valence-corrected chi connectivity index (χ2v) is 6.45. The van der Waals surface area contributed by atoms with Crippen LogP contribution in [0.25, 0.3) is 0 Å². The molecule has 3 nitrogen and oxygen atoms in total. The Kier molecular flexibility index (Phi) is 6.05. The molecule has 0 radical (unpaired) electrons. The largest absolute Gasteiger partial charge is 0.497 e. The summed E-state index contributed by atoms with van der Waals surface area (Å²) in [5.41, 5.74) is 1.22. The van der Waals surface area contributed by atoms with Crippen molar-refractivity contribution in [1.29, 1.82) is 0 Å². The fraction of sp³-hybridized carbons (Fsp3) is 0.625. The van der Waals surface area contributed by atoms with E-state index in [2.05, 4.69) is 23.7 Å². The van der Waals surface area contributed by atoms with Gasteiger partial charge in [-0.3, -0.25) is 0 Å². The Morgan fingerprint density at radius 1 is 1.05 bits per heavy atom. The highest BCUT2D eigenvalue weighted by Gasteiger charge is 2.19. The van der Waals surface area contributed by atoms with Crippen molar-refractivity contribution in [2.75, 3.05) is 20.5 Å². The first-order chi connectivity index (χ1) is 9.75. The normalized spacial score (nSPS) is 22.6. The van der Waals surface area contributed by atoms with E-state index in [1.807, 2.05) is 17.8 Å². The van der Waals surface area contributed by atoms with E-state index in [4.69, 9.17) is 9.47 Å². The molecule has 0 bridgehead atoms. The molecule has 0 heterocycles. The molecular formula is C16H25NO2S. The van der Waals surface area contributed by atoms with Gasteiger partial charge in [0.2, 0.25) is 0 Å². The quantitative estimate of drug-likeness (QED) is 0.870. The third-order valence-corrected chi connectivity index (χ3v) is 5.15. The van der Waals surface area contributed by atoms with Crippen LogP contribution in [0.1, 0.15) is 31.2 Å². The Bertz CT molecular complexity index is 395. The first-order valence-corrected chi connectivity index (χ1v) is 8.52. The average molecular weight is 295 g/mol. The molecule has 0 spiro atoms. The fourth-order valence-corrected chi connectivity index (χ4v) is 3.48. The van der Waals surface area contributed by atoms with E-state index in [1.54, 1.807) is 14.2 Å². The summed E-state index contributed by atoms with van der Waals surface area (Å²) in [4.78, 5) is 0. The Balaban J connectivity index is 1.87. The Hall–Kier alpha value is -0.870. The van der Waals surface area contributed by atoms with Gasteiger partial charge in [-0.25, -0.2) is 0 Å². The first-order valence-electron chi connectivity index (χ1n) is 7.23. The molecule has 0 atom stereocenters. The van der Waals surface area contributed by atoms with Crippen LogP contribution in [-0.4, -0.2) is 31.8 Å². The van der Waals surface area contributed by atoms with Crippen LogP contribution in [0.3, 0.4) is 0 Å². The molecule has 4 heteroatoms. The third kappa shape index (κ3) is 4.32. The summed E-state index contributed by atoms with van der Waals surface area (Å²) in [6, 6.07) is 6.70. The molecule has 1 aromatic carbocycles. The van der Waals surface area contributed by atoms with Gasteiger partial charge in [-0.2, -0.15) is 11.8 Å². The van der Waals surface area contributed by atoms with E-state index in [0.717, 1.165) is 23.3 Å². The topological polar surface area (TPSA) is 30.5 Å². The van der Waals surface area contributed by atoms with Crippen LogP contribution in [-0.2, 0) is 6.54 Å². The number of benzene rings is 1. The monoisotopic (exact) mass is 295 g/mol. The molecule has 1 N–H and O–H groups in total. The number of hydrogen-bond donors (Lipinski definition) is 1. The lowest BCUT2D eigenvalue weighted by atomic mass is 9.95. The number of hydrogen-bond acceptors (Lipinski definition) is 4. The molecule has 1 fully saturated rings. The minimum absolute atomic E-state index is 0.649. The van der Waals surface area contributed by atoms with Crippen molar-refractivity contribution >= 4 is 11.8 Å². The molecule has 112 valence electrons. The van der Waals surface area contributed by atoms with Gasteiger partial charge in [0.25, 0.3) is 0 Å². The summed E-state index contributed by atoms with van der Waals surface area (Å²) in [6.45, 7) is 0.877. The predicted molar refractivity (Wildman–Crippen MR) is 85.9 cm³/mol. The van der Waals surface area contributed by atoms with Crippen LogP contribution >= 0.6 is 11.8 Å². The minimum atomic E-state index is 0.649. The fourth-order valence-electron chi connectivity index (χ4n) is 2.73. The number of rotatable bonds is 6. The van der Waals surface area contributed by atoms with Gasteiger partial charge in [0.05, 0.1) is 14.2 Å². The molecule has 1 aromatic rings. The molecule has 1 saturated carbocycles. The lowest BCUT2D eigenvalue weighted by molar-refractivity contribution is 0.375. The summed E-state index contributed by atoms with van der Waals surface area (Å²) in [5, 5.41) is 4.53. The van der Waals surface area contributed by atoms with Crippen molar-refractivity contribution in [2.45, 2.75) is 43.5 Å². The Morgan fingerprint density at radius 2 is 1.65 bits per heavy atom. The molecule has 0 aromatic heterocycles. The zero-order chi connectivity index (χ0) is 14.4. The van der Waals surface area contributed by atoms with Gasteiger partial charge in [-0.1, -0.05) is 0 Å². The maximum atomic E-state index is 5.31. The average Bonchev–Trinajstić information content (AvgIpc) is 2.53. The number of methoxy groups -OCH3 is 2. The minimum Gasteiger partial charge on any atom is -0.497 e. The summed E-state index contributed by atoms with van der Waals surface area (Å²) in [5.74, 6) is 1.71. The number of thioether (sulfide) groups is 1. The molecule has 0 unspecified atom stereocenters. The highest BCUT2D eigenvalue weighted by molar-refractivity contribution is 7.99. The zero-order valence-electron chi connectivity index (χ0n) is 12.6. The second kappa shape index (κ2) is 7.79. The van der Waals surface area contributed by atoms with Gasteiger partial charge in [0.1, 0.15) is 11.5 Å². The summed E-state index contributed by atoms with van der Waals surface area (Å²) >= 11 is 2.01. The van der Waals surface area contributed by atoms with E-state index < -0.39 is 0 Å². The lowest BCUT2D eigenvalue weighted by Crippen LogP contribution is -2.33. The third-order valence-electron chi connectivity index (χ3n) is 4.01. The van der Waals surface area contributed by atoms with Crippen molar-refractivity contribution in [1.82, 2.24) is 5.32 Å². The van der Waals surface area contributed by atoms with Gasteiger partial charge in [-0.05, 0) is 49.6 Å². The van der Waals surface area contributed by atoms with Crippen molar-refractivity contribution in [2.24, 2.45) is 0 Å². The van der Waals surface area contributed by atoms with Crippen LogP contribution in [0, 0.1) is 0 Å². The maximum Gasteiger partial charge on any atom is 0.122 e. The molecule has 0 saturated heterocycles. The van der Waals surface area contributed by atoms with E-state index in [9.17, 15) is 0 Å². The summed E-state index contributed by atoms with van der Waals surface area (Å²) in [6.07, 6.45) is 7.46. The van der Waals surface area contributed by atoms with Gasteiger partial charge in [-0.15, -0.1) is 0 Å². The lowest BCUT2D eigenvalue weighted by Gasteiger charge is -2.28. The smallest absolute Gasteiger partial charge is 0.122 e. The molecule has 0 aliphatic heterocycles. The van der Waals surface area contributed by atoms with Crippen molar-refractivity contribution in [3.8, 4) is 11.5 Å². The highest BCUT2D eigenvalue weighted by atomic mass is 32.2. The van der Waals surface area contributed by atoms with E-state index >= 15 is 0 Å². The summed E-state index contributed by atoms with van der Waals surface area (Å²) in [7, 11) is 3.38. The SMILES string of the molecule is COc1cc(CNC2CCC(SC)CC2)cc(OC)c1. The van der Waals surface area contributed by atoms with Crippen LogP contribution in [0.2, 0.25) is 0 Å². The van der Waals surface area contributed by atoms with Crippen LogP contribution in [0.15, 0.2) is 18.2 Å². The second-order valence-electron chi connectivity index (χ2n) is 5.31. The Morgan fingerprint density at radius 3 is 2.15 bits per heavy atom. The number of nitrogens with one attached hydrogen (secondary N) is 1. The van der Waals surface area contributed by atoms with Gasteiger partial charge in [0, 0.05) is 23.9 Å². The number of ether oxygens (including phenoxy) is 2. The Labute approximate surface area is 126 Å². The van der Waals surface area contributed by atoms with Gasteiger partial charge in [0.15, 0.2) is 0 Å². The van der Waals surface area contributed by atoms with Gasteiger partial charge >= 0.3 is 0 Å². The van der Waals surface area contributed by atoms with Crippen LogP contribution < -0.4 is 14.8 Å². The molecule has 2 rings (SSSR count). The molecule has 0 amide bonds. The molecule has 1 aliphatic carbocycles. The van der Waals surface area contributed by atoms with Crippen LogP contribution in [0.5, 0.6) is 11.5 Å². The van der Waals surface area contributed by atoms with E-state index in [1.165, 1.54) is 31.2 Å². The maximum absolute atomic E-state index is 5.31. The van der Waals surface area contributed by atoms with E-state index in [-0.39, 0.29) is 0 Å². The molecule has 1 aliphatic rings. The first kappa shape index (κ1) is 15.5. The predicted octanol–water partition coefficient (Wildman–Crippen LogP) is 3.47. The molecule has 20 heavy (non-hydrogen) atoms. The van der Waals surface area contributed by atoms with Crippen molar-refractivity contribution < 1.29 is 9.47 Å². The van der Waals surface area contributed by atoms with Crippen LogP contribution in [0.4, 0.5) is 0 Å². The van der Waals surface area contributed by atoms with Gasteiger partial charge < -0.3 is 14.8 Å². The van der Waals surface area contributed by atoms with Crippen molar-refractivity contribution in [3.63, 3.8) is 0 Å².